The summed E-state index contributed by atoms with van der Waals surface area (Å²) in [5.74, 6) is 0. The van der Waals surface area contributed by atoms with Crippen LogP contribution in [0.3, 0.4) is 0 Å². The third kappa shape index (κ3) is 2.49. The molecule has 0 bridgehead atoms. The van der Waals surface area contributed by atoms with Crippen molar-refractivity contribution < 1.29 is 4.92 Å². The lowest BCUT2D eigenvalue weighted by Crippen LogP contribution is -1.94. The van der Waals surface area contributed by atoms with Crippen LogP contribution in [0.1, 0.15) is 0 Å². The van der Waals surface area contributed by atoms with Gasteiger partial charge in [0.05, 0.1) is 4.92 Å². The summed E-state index contributed by atoms with van der Waals surface area (Å²) in [6, 6.07) is 0. The molecule has 0 N–H and O–H groups in total. The molecule has 5 heteroatoms. The number of rotatable bonds is 2. The molecular formula is C4H3Cl2NO2. The minimum Gasteiger partial charge on any atom is -0.258 e. The van der Waals surface area contributed by atoms with E-state index < -0.39 is 4.92 Å². The Balaban J connectivity index is 4.55. The van der Waals surface area contributed by atoms with Gasteiger partial charge < -0.3 is 0 Å². The van der Waals surface area contributed by atoms with Gasteiger partial charge in [-0.3, -0.25) is 10.1 Å². The lowest BCUT2D eigenvalue weighted by atomic mass is 10.5. The Morgan fingerprint density at radius 1 is 1.67 bits per heavy atom. The highest BCUT2D eigenvalue weighted by molar-refractivity contribution is 6.56. The maximum absolute atomic E-state index is 9.88. The molecule has 0 aliphatic rings. The lowest BCUT2D eigenvalue weighted by Gasteiger charge is -1.86. The zero-order valence-corrected chi connectivity index (χ0v) is 5.82. The number of allylic oxidation sites excluding steroid dienone is 1. The maximum Gasteiger partial charge on any atom is 0.298 e. The van der Waals surface area contributed by atoms with E-state index in [1.54, 1.807) is 0 Å². The van der Waals surface area contributed by atoms with Crippen molar-refractivity contribution in [2.45, 2.75) is 0 Å². The third-order valence-electron chi connectivity index (χ3n) is 0.584. The van der Waals surface area contributed by atoms with Crippen molar-refractivity contribution in [3.63, 3.8) is 0 Å². The Bertz CT molecular complexity index is 171. The zero-order valence-electron chi connectivity index (χ0n) is 4.30. The molecular weight excluding hydrogens is 165 g/mol. The first-order valence-electron chi connectivity index (χ1n) is 1.91. The molecule has 0 radical (unpaired) electrons. The van der Waals surface area contributed by atoms with Crippen molar-refractivity contribution in [1.29, 1.82) is 0 Å². The minimum atomic E-state index is -0.706. The number of hydrogen-bond donors (Lipinski definition) is 0. The van der Waals surface area contributed by atoms with Gasteiger partial charge in [0.1, 0.15) is 0 Å². The van der Waals surface area contributed by atoms with E-state index in [1.165, 1.54) is 0 Å². The molecule has 0 aliphatic heterocycles. The molecule has 0 rings (SSSR count). The number of halogens is 2. The summed E-state index contributed by atoms with van der Waals surface area (Å²) in [4.78, 5) is 9.17. The smallest absolute Gasteiger partial charge is 0.258 e. The van der Waals surface area contributed by atoms with Gasteiger partial charge in [-0.25, -0.2) is 0 Å². The molecule has 0 aromatic heterocycles. The second-order valence-corrected chi connectivity index (χ2v) is 2.06. The number of hydrogen-bond acceptors (Lipinski definition) is 2. The Labute approximate surface area is 61.7 Å². The zero-order chi connectivity index (χ0) is 7.44. The molecule has 0 spiro atoms. The normalized spacial score (nSPS) is 8.22. The van der Waals surface area contributed by atoms with Crippen molar-refractivity contribution in [3.8, 4) is 0 Å². The minimum absolute atomic E-state index is 0.377. The van der Waals surface area contributed by atoms with E-state index in [0.717, 1.165) is 6.08 Å². The Morgan fingerprint density at radius 2 is 2.11 bits per heavy atom. The third-order valence-corrected chi connectivity index (χ3v) is 0.971. The summed E-state index contributed by atoms with van der Waals surface area (Å²) in [5.41, 5.74) is -0.377. The first-order valence-corrected chi connectivity index (χ1v) is 2.67. The van der Waals surface area contributed by atoms with E-state index in [1.807, 2.05) is 0 Å². The topological polar surface area (TPSA) is 43.1 Å². The van der Waals surface area contributed by atoms with Crippen molar-refractivity contribution in [1.82, 2.24) is 0 Å². The highest BCUT2D eigenvalue weighted by atomic mass is 35.5. The van der Waals surface area contributed by atoms with Crippen LogP contribution in [0.2, 0.25) is 0 Å². The molecule has 9 heavy (non-hydrogen) atoms. The molecule has 3 nitrogen and oxygen atoms in total. The Kier molecular flexibility index (Phi) is 3.27. The second kappa shape index (κ2) is 3.48. The summed E-state index contributed by atoms with van der Waals surface area (Å²) in [6.45, 7) is 3.14. The molecule has 0 aliphatic carbocycles. The average Bonchev–Trinajstić information content (AvgIpc) is 1.64. The van der Waals surface area contributed by atoms with Crippen molar-refractivity contribution in [3.05, 3.63) is 33.0 Å². The predicted octanol–water partition coefficient (Wildman–Crippen LogP) is 2.10. The fourth-order valence-electron chi connectivity index (χ4n) is 0.221. The van der Waals surface area contributed by atoms with Crippen LogP contribution in [0.25, 0.3) is 0 Å². The van der Waals surface area contributed by atoms with Crippen LogP contribution < -0.4 is 0 Å². The quantitative estimate of drug-likeness (QED) is 0.360. The number of nitro groups is 1. The SMILES string of the molecule is C=CC(=C(Cl)Cl)[N+](=O)[O-]. The standard InChI is InChI=1S/C4H3Cl2NO2/c1-2-3(4(5)6)7(8)9/h2H,1H2. The van der Waals surface area contributed by atoms with Gasteiger partial charge in [-0.05, 0) is 0 Å². The molecule has 0 aromatic carbocycles. The van der Waals surface area contributed by atoms with Gasteiger partial charge in [0, 0.05) is 6.08 Å². The fourth-order valence-corrected chi connectivity index (χ4v) is 0.513. The van der Waals surface area contributed by atoms with E-state index in [2.05, 4.69) is 6.58 Å². The van der Waals surface area contributed by atoms with Crippen LogP contribution in [0.4, 0.5) is 0 Å². The summed E-state index contributed by atoms with van der Waals surface area (Å²) >= 11 is 10.1. The van der Waals surface area contributed by atoms with Crippen molar-refractivity contribution in [2.75, 3.05) is 0 Å². The highest BCUT2D eigenvalue weighted by Gasteiger charge is 2.09. The Hall–Kier alpha value is -0.540. The van der Waals surface area contributed by atoms with Crippen LogP contribution in [-0.2, 0) is 0 Å². The maximum atomic E-state index is 9.88. The van der Waals surface area contributed by atoms with E-state index in [-0.39, 0.29) is 10.2 Å². The Morgan fingerprint density at radius 3 is 2.11 bits per heavy atom. The van der Waals surface area contributed by atoms with E-state index in [0.29, 0.717) is 0 Å². The van der Waals surface area contributed by atoms with E-state index in [4.69, 9.17) is 23.2 Å². The van der Waals surface area contributed by atoms with Crippen LogP contribution in [0.5, 0.6) is 0 Å². The average molecular weight is 168 g/mol. The molecule has 0 unspecified atom stereocenters. The van der Waals surface area contributed by atoms with E-state index in [9.17, 15) is 10.1 Å². The van der Waals surface area contributed by atoms with Crippen LogP contribution in [0.15, 0.2) is 22.8 Å². The van der Waals surface area contributed by atoms with Gasteiger partial charge >= 0.3 is 0 Å². The van der Waals surface area contributed by atoms with Crippen LogP contribution in [0, 0.1) is 10.1 Å². The lowest BCUT2D eigenvalue weighted by molar-refractivity contribution is -0.419. The summed E-state index contributed by atoms with van der Waals surface area (Å²) in [6.07, 6.45) is 0.981. The predicted molar refractivity (Wildman–Crippen MR) is 35.9 cm³/mol. The molecule has 50 valence electrons. The van der Waals surface area contributed by atoms with Crippen LogP contribution >= 0.6 is 23.2 Å². The van der Waals surface area contributed by atoms with Crippen LogP contribution in [-0.4, -0.2) is 4.92 Å². The van der Waals surface area contributed by atoms with E-state index >= 15 is 0 Å². The molecule has 0 aromatic rings. The van der Waals surface area contributed by atoms with Gasteiger partial charge in [0.15, 0.2) is 4.49 Å². The van der Waals surface area contributed by atoms with Gasteiger partial charge in [0.2, 0.25) is 0 Å². The first kappa shape index (κ1) is 8.46. The summed E-state index contributed by atoms with van der Waals surface area (Å²) in [5, 5.41) is 9.88. The van der Waals surface area contributed by atoms with Gasteiger partial charge in [-0.15, -0.1) is 0 Å². The monoisotopic (exact) mass is 167 g/mol. The van der Waals surface area contributed by atoms with Gasteiger partial charge in [-0.2, -0.15) is 0 Å². The number of nitrogens with zero attached hydrogens (tertiary/aromatic N) is 1. The molecule has 0 atom stereocenters. The summed E-state index contributed by atoms with van der Waals surface area (Å²) in [7, 11) is 0. The first-order chi connectivity index (χ1) is 4.09. The molecule has 0 amide bonds. The van der Waals surface area contributed by atoms with Crippen molar-refractivity contribution in [2.24, 2.45) is 0 Å². The molecule has 0 saturated carbocycles. The molecule has 0 saturated heterocycles. The summed E-state index contributed by atoms with van der Waals surface area (Å²) < 4.78 is -0.380. The van der Waals surface area contributed by atoms with Gasteiger partial charge in [0.25, 0.3) is 5.70 Å². The molecule has 0 fully saturated rings. The van der Waals surface area contributed by atoms with Gasteiger partial charge in [-0.1, -0.05) is 29.8 Å². The fraction of sp³-hybridized carbons (Fsp3) is 0. The second-order valence-electron chi connectivity index (χ2n) is 1.11. The van der Waals surface area contributed by atoms with Crippen molar-refractivity contribution >= 4 is 23.2 Å². The highest BCUT2D eigenvalue weighted by Crippen LogP contribution is 2.14. The molecule has 0 heterocycles. The largest absolute Gasteiger partial charge is 0.298 e.